The standard InChI is InChI=1S/C13H20N4.HI/c1-17(12-6-3-2-4-7-12)11-10-16-13-14-8-5-9-15-13;/h2-4,6-7H,5,8-11H2,1H3,(H2,14,15,16);1H. The van der Waals surface area contributed by atoms with Gasteiger partial charge in [0, 0.05) is 38.9 Å². The number of benzene rings is 1. The van der Waals surface area contributed by atoms with E-state index in [1.165, 1.54) is 5.69 Å². The Morgan fingerprint density at radius 3 is 2.78 bits per heavy atom. The van der Waals surface area contributed by atoms with Crippen LogP contribution in [-0.2, 0) is 0 Å². The Balaban J connectivity index is 0.00000162. The maximum Gasteiger partial charge on any atom is 0.191 e. The third kappa shape index (κ3) is 4.72. The lowest BCUT2D eigenvalue weighted by Gasteiger charge is -2.21. The average molecular weight is 360 g/mol. The van der Waals surface area contributed by atoms with Gasteiger partial charge in [-0.3, -0.25) is 4.99 Å². The van der Waals surface area contributed by atoms with Crippen LogP contribution in [0.1, 0.15) is 6.42 Å². The van der Waals surface area contributed by atoms with Gasteiger partial charge in [0.1, 0.15) is 0 Å². The number of hydrogen-bond acceptors (Lipinski definition) is 4. The van der Waals surface area contributed by atoms with Gasteiger partial charge < -0.3 is 15.5 Å². The highest BCUT2D eigenvalue weighted by Crippen LogP contribution is 2.09. The van der Waals surface area contributed by atoms with Crippen molar-refractivity contribution in [2.75, 3.05) is 38.1 Å². The Labute approximate surface area is 126 Å². The fourth-order valence-corrected chi connectivity index (χ4v) is 1.80. The Bertz CT molecular complexity index is 367. The van der Waals surface area contributed by atoms with Gasteiger partial charge in [-0.05, 0) is 18.6 Å². The second kappa shape index (κ2) is 8.18. The molecule has 0 atom stereocenters. The highest BCUT2D eigenvalue weighted by atomic mass is 127. The summed E-state index contributed by atoms with van der Waals surface area (Å²) >= 11 is 0. The topological polar surface area (TPSA) is 39.7 Å². The lowest BCUT2D eigenvalue weighted by atomic mass is 10.3. The van der Waals surface area contributed by atoms with Gasteiger partial charge in [0.25, 0.3) is 0 Å². The first-order chi connectivity index (χ1) is 8.36. The number of halogens is 1. The van der Waals surface area contributed by atoms with Crippen molar-refractivity contribution in [1.82, 2.24) is 10.6 Å². The summed E-state index contributed by atoms with van der Waals surface area (Å²) in [4.78, 5) is 6.61. The Morgan fingerprint density at radius 1 is 1.33 bits per heavy atom. The van der Waals surface area contributed by atoms with Crippen molar-refractivity contribution >= 4 is 35.6 Å². The van der Waals surface area contributed by atoms with Crippen molar-refractivity contribution < 1.29 is 0 Å². The number of rotatable bonds is 4. The van der Waals surface area contributed by atoms with Crippen LogP contribution in [0.3, 0.4) is 0 Å². The zero-order chi connectivity index (χ0) is 11.9. The fraction of sp³-hybridized carbons (Fsp3) is 0.462. The lowest BCUT2D eigenvalue weighted by molar-refractivity contribution is 0.698. The number of likely N-dealkylation sites (N-methyl/N-ethyl adjacent to an activating group) is 1. The van der Waals surface area contributed by atoms with E-state index < -0.39 is 0 Å². The minimum atomic E-state index is 0. The minimum Gasteiger partial charge on any atom is -0.373 e. The Hall–Kier alpha value is -0.980. The third-order valence-electron chi connectivity index (χ3n) is 2.83. The van der Waals surface area contributed by atoms with E-state index in [1.54, 1.807) is 0 Å². The van der Waals surface area contributed by atoms with Crippen LogP contribution < -0.4 is 15.5 Å². The smallest absolute Gasteiger partial charge is 0.191 e. The Morgan fingerprint density at radius 2 is 2.11 bits per heavy atom. The van der Waals surface area contributed by atoms with Crippen molar-refractivity contribution in [2.24, 2.45) is 4.99 Å². The highest BCUT2D eigenvalue weighted by Gasteiger charge is 2.03. The van der Waals surface area contributed by atoms with Crippen LogP contribution in [0.25, 0.3) is 0 Å². The summed E-state index contributed by atoms with van der Waals surface area (Å²) in [6, 6.07) is 10.4. The van der Waals surface area contributed by atoms with E-state index in [1.807, 2.05) is 6.07 Å². The van der Waals surface area contributed by atoms with Gasteiger partial charge in [-0.15, -0.1) is 24.0 Å². The molecule has 0 saturated carbocycles. The van der Waals surface area contributed by atoms with Crippen molar-refractivity contribution in [3.63, 3.8) is 0 Å². The van der Waals surface area contributed by atoms with Gasteiger partial charge in [-0.2, -0.15) is 0 Å². The van der Waals surface area contributed by atoms with Crippen LogP contribution in [0.4, 0.5) is 5.69 Å². The third-order valence-corrected chi connectivity index (χ3v) is 2.83. The summed E-state index contributed by atoms with van der Waals surface area (Å²) in [5.74, 6) is 0.942. The fourth-order valence-electron chi connectivity index (χ4n) is 1.80. The first-order valence-electron chi connectivity index (χ1n) is 6.14. The maximum absolute atomic E-state index is 4.37. The van der Waals surface area contributed by atoms with E-state index in [0.29, 0.717) is 0 Å². The van der Waals surface area contributed by atoms with Gasteiger partial charge in [-0.1, -0.05) is 18.2 Å². The molecule has 4 nitrogen and oxygen atoms in total. The molecule has 0 aliphatic carbocycles. The normalized spacial score (nSPS) is 13.9. The van der Waals surface area contributed by atoms with Crippen LogP contribution in [0, 0.1) is 0 Å². The summed E-state index contributed by atoms with van der Waals surface area (Å²) < 4.78 is 0. The summed E-state index contributed by atoms with van der Waals surface area (Å²) in [7, 11) is 2.10. The van der Waals surface area contributed by atoms with E-state index in [-0.39, 0.29) is 24.0 Å². The largest absolute Gasteiger partial charge is 0.373 e. The average Bonchev–Trinajstić information content (AvgIpc) is 2.41. The van der Waals surface area contributed by atoms with Gasteiger partial charge in [-0.25, -0.2) is 0 Å². The summed E-state index contributed by atoms with van der Waals surface area (Å²) in [6.45, 7) is 3.83. The van der Waals surface area contributed by atoms with Crippen LogP contribution >= 0.6 is 24.0 Å². The van der Waals surface area contributed by atoms with Gasteiger partial charge in [0.15, 0.2) is 5.96 Å². The minimum absolute atomic E-state index is 0. The number of aliphatic imine (C=N–C) groups is 1. The zero-order valence-corrected chi connectivity index (χ0v) is 13.1. The Kier molecular flexibility index (Phi) is 6.85. The first kappa shape index (κ1) is 15.1. The molecule has 0 amide bonds. The first-order valence-corrected chi connectivity index (χ1v) is 6.14. The molecule has 1 aliphatic rings. The summed E-state index contributed by atoms with van der Waals surface area (Å²) in [5.41, 5.74) is 1.24. The zero-order valence-electron chi connectivity index (χ0n) is 10.7. The molecule has 5 heteroatoms. The van der Waals surface area contributed by atoms with E-state index >= 15 is 0 Å². The summed E-state index contributed by atoms with van der Waals surface area (Å²) in [5, 5.41) is 6.57. The lowest BCUT2D eigenvalue weighted by Crippen LogP contribution is -2.43. The highest BCUT2D eigenvalue weighted by molar-refractivity contribution is 14.0. The van der Waals surface area contributed by atoms with E-state index in [0.717, 1.165) is 38.6 Å². The van der Waals surface area contributed by atoms with Gasteiger partial charge in [0.05, 0.1) is 0 Å². The van der Waals surface area contributed by atoms with Crippen LogP contribution in [0.5, 0.6) is 0 Å². The summed E-state index contributed by atoms with van der Waals surface area (Å²) in [6.07, 6.45) is 1.13. The van der Waals surface area contributed by atoms with E-state index in [4.69, 9.17) is 0 Å². The molecule has 1 aromatic rings. The molecule has 2 rings (SSSR count). The van der Waals surface area contributed by atoms with Crippen molar-refractivity contribution in [3.8, 4) is 0 Å². The number of nitrogens with one attached hydrogen (secondary N) is 2. The molecule has 18 heavy (non-hydrogen) atoms. The number of para-hydroxylation sites is 1. The second-order valence-electron chi connectivity index (χ2n) is 4.19. The predicted molar refractivity (Wildman–Crippen MR) is 88.1 cm³/mol. The molecule has 0 radical (unpaired) electrons. The molecule has 100 valence electrons. The quantitative estimate of drug-likeness (QED) is 0.803. The molecule has 1 aromatic carbocycles. The molecule has 0 fully saturated rings. The molecular weight excluding hydrogens is 339 g/mol. The molecule has 0 saturated heterocycles. The number of hydrogen-bond donors (Lipinski definition) is 2. The number of anilines is 1. The van der Waals surface area contributed by atoms with Crippen molar-refractivity contribution in [1.29, 1.82) is 0 Å². The second-order valence-corrected chi connectivity index (χ2v) is 4.19. The molecular formula is C13H21IN4. The number of nitrogens with zero attached hydrogens (tertiary/aromatic N) is 2. The number of guanidine groups is 1. The monoisotopic (exact) mass is 360 g/mol. The van der Waals surface area contributed by atoms with E-state index in [9.17, 15) is 0 Å². The van der Waals surface area contributed by atoms with Gasteiger partial charge >= 0.3 is 0 Å². The SMILES string of the molecule is CN(CCNC1=NCCCN1)c1ccccc1.I. The maximum atomic E-state index is 4.37. The van der Waals surface area contributed by atoms with Crippen LogP contribution in [-0.4, -0.2) is 39.2 Å². The molecule has 2 N–H and O–H groups in total. The van der Waals surface area contributed by atoms with Crippen molar-refractivity contribution in [2.45, 2.75) is 6.42 Å². The molecule has 0 bridgehead atoms. The predicted octanol–water partition coefficient (Wildman–Crippen LogP) is 1.68. The molecule has 1 heterocycles. The molecule has 1 aliphatic heterocycles. The van der Waals surface area contributed by atoms with Gasteiger partial charge in [0.2, 0.25) is 0 Å². The van der Waals surface area contributed by atoms with E-state index in [2.05, 4.69) is 51.8 Å². The van der Waals surface area contributed by atoms with Crippen LogP contribution in [0.15, 0.2) is 35.3 Å². The molecule has 0 spiro atoms. The van der Waals surface area contributed by atoms with Crippen molar-refractivity contribution in [3.05, 3.63) is 30.3 Å². The van der Waals surface area contributed by atoms with Crippen LogP contribution in [0.2, 0.25) is 0 Å². The molecule has 0 unspecified atom stereocenters. The molecule has 0 aromatic heterocycles.